The Balaban J connectivity index is -0.000000127. The first-order valence-corrected chi connectivity index (χ1v) is 39.4. The van der Waals surface area contributed by atoms with Crippen LogP contribution in [-0.4, -0.2) is 214 Å². The van der Waals surface area contributed by atoms with Crippen molar-refractivity contribution in [2.45, 2.75) is 329 Å². The predicted molar refractivity (Wildman–Crippen MR) is 453 cm³/mol. The van der Waals surface area contributed by atoms with Crippen molar-refractivity contribution in [3.63, 3.8) is 0 Å². The predicted octanol–water partition coefficient (Wildman–Crippen LogP) is 23.2. The molecule has 0 atom stereocenters. The average Bonchev–Trinajstić information content (AvgIpc) is 1.25. The number of nitrogens with one attached hydrogen (secondary N) is 1. The zero-order chi connectivity index (χ0) is 79.0. The lowest BCUT2D eigenvalue weighted by molar-refractivity contribution is 0.171. The highest BCUT2D eigenvalue weighted by molar-refractivity contribution is 4.75. The van der Waals surface area contributed by atoms with E-state index in [1.54, 1.807) is 0 Å². The van der Waals surface area contributed by atoms with Crippen LogP contribution in [0.3, 0.4) is 0 Å². The SMILES string of the molecule is CC(C)CCN(C)CC(C)(C)C.CCC(CC)CN(C)CC(C)(C)C.CCCCN(C)CC(C)(C)C.CCCN(C)CC(C)(C)C.CCN(C)CC(C)(C)C.CCNCC(C)(C)C.CN(C)CC(C)(C)C.CN(CC(C)(C)C)CC(C)(C)C.CN(CCC(C)(C)C)CC(C)(C)C. The molecular formula is C87H201N9. The summed E-state index contributed by atoms with van der Waals surface area (Å²) >= 11 is 0. The van der Waals surface area contributed by atoms with Gasteiger partial charge in [-0.2, -0.15) is 0 Å². The van der Waals surface area contributed by atoms with E-state index in [-0.39, 0.29) is 0 Å². The molecule has 0 saturated heterocycles. The number of hydrogen-bond donors (Lipinski definition) is 1. The maximum Gasteiger partial charge on any atom is 0.00272 e. The zero-order valence-electron chi connectivity index (χ0n) is 77.7. The molecule has 0 amide bonds. The van der Waals surface area contributed by atoms with Crippen molar-refractivity contribution in [3.05, 3.63) is 0 Å². The zero-order valence-corrected chi connectivity index (χ0v) is 77.7. The van der Waals surface area contributed by atoms with E-state index in [2.05, 4.69) is 392 Å². The first-order chi connectivity index (χ1) is 42.2. The minimum Gasteiger partial charge on any atom is -0.316 e. The Morgan fingerprint density at radius 1 is 0.281 bits per heavy atom. The van der Waals surface area contributed by atoms with Crippen molar-refractivity contribution in [3.8, 4) is 0 Å². The van der Waals surface area contributed by atoms with Gasteiger partial charge in [0.25, 0.3) is 0 Å². The van der Waals surface area contributed by atoms with E-state index in [9.17, 15) is 0 Å². The minimum absolute atomic E-state index is 0.417. The molecule has 0 rings (SSSR count). The standard InChI is InChI=1S/2C12H27N.2C11H25N.C10H23N.C9H21N.C8H19N.2C7H17N/c1-11(2,3)8-9-13(7)10-12(4,5)6;1-7-11(8-2)9-13(6)10-12(3,4)5;1-10(2,3)8-12(7)9-11(4,5)6;1-10(2)7-8-12(6)9-11(3,4)5;1-6-7-8-11(5)9-10(2,3)4;1-6-7-10(5)8-9(2,3)4;1-6-9(5)7-8(2,3)4;1-7(2,3)6-8(4)5;1-5-8-6-7(2,3)4/h8-10H2,1-7H3;11H,7-10H2,1-6H3;8-9H2,1-7H3;10H,7-9H2,1-6H3;6-9H2,1-5H3;6-8H2,1-5H3;6-7H2,1-5H3;6H2,1-5H3;8H,5-6H2,1-4H3. The Bertz CT molecular complexity index is 1590. The van der Waals surface area contributed by atoms with Crippen molar-refractivity contribution in [2.24, 2.45) is 71.4 Å². The topological polar surface area (TPSA) is 38.0 Å². The molecule has 1 N–H and O–H groups in total. The van der Waals surface area contributed by atoms with Gasteiger partial charge in [0.2, 0.25) is 0 Å². The first-order valence-electron chi connectivity index (χ1n) is 39.4. The van der Waals surface area contributed by atoms with Gasteiger partial charge in [0.1, 0.15) is 0 Å². The first kappa shape index (κ1) is 114. The van der Waals surface area contributed by atoms with Crippen LogP contribution in [0.4, 0.5) is 0 Å². The van der Waals surface area contributed by atoms with E-state index in [1.165, 1.54) is 130 Å². The average molecular weight is 1370 g/mol. The van der Waals surface area contributed by atoms with E-state index in [4.69, 9.17) is 0 Å². The smallest absolute Gasteiger partial charge is 0.00272 e. The lowest BCUT2D eigenvalue weighted by atomic mass is 9.91. The van der Waals surface area contributed by atoms with E-state index in [1.807, 2.05) is 0 Å². The van der Waals surface area contributed by atoms with Gasteiger partial charge in [0, 0.05) is 65.4 Å². The summed E-state index contributed by atoms with van der Waals surface area (Å²) in [7, 11) is 19.6. The summed E-state index contributed by atoms with van der Waals surface area (Å²) in [4.78, 5) is 19.1. The molecule has 594 valence electrons. The van der Waals surface area contributed by atoms with Gasteiger partial charge in [-0.05, 0) is 206 Å². The number of unbranched alkanes of at least 4 members (excludes halogenated alkanes) is 1. The summed E-state index contributed by atoms with van der Waals surface area (Å²) in [6.45, 7) is 113. The molecular weight excluding hydrogens is 1170 g/mol. The molecule has 0 aromatic heterocycles. The lowest BCUT2D eigenvalue weighted by Crippen LogP contribution is -2.35. The number of nitrogens with zero attached hydrogens (tertiary/aromatic N) is 8. The van der Waals surface area contributed by atoms with Crippen molar-refractivity contribution in [2.75, 3.05) is 175 Å². The second-order valence-corrected chi connectivity index (χ2v) is 43.8. The lowest BCUT2D eigenvalue weighted by Gasteiger charge is -2.31. The Kier molecular flexibility index (Phi) is 67.8. The molecule has 0 fully saturated rings. The van der Waals surface area contributed by atoms with Gasteiger partial charge in [-0.15, -0.1) is 0 Å². The largest absolute Gasteiger partial charge is 0.316 e. The van der Waals surface area contributed by atoms with Crippen LogP contribution in [0.1, 0.15) is 329 Å². The van der Waals surface area contributed by atoms with Gasteiger partial charge in [-0.3, -0.25) is 0 Å². The molecule has 0 aliphatic rings. The fourth-order valence-corrected chi connectivity index (χ4v) is 11.3. The Hall–Kier alpha value is -0.360. The van der Waals surface area contributed by atoms with E-state index < -0.39 is 0 Å². The van der Waals surface area contributed by atoms with Crippen LogP contribution in [0, 0.1) is 71.4 Å². The molecule has 0 saturated carbocycles. The van der Waals surface area contributed by atoms with Crippen LogP contribution in [0.2, 0.25) is 0 Å². The summed E-state index contributed by atoms with van der Waals surface area (Å²) in [5.74, 6) is 1.71. The molecule has 96 heavy (non-hydrogen) atoms. The van der Waals surface area contributed by atoms with Crippen LogP contribution in [0.15, 0.2) is 0 Å². The second-order valence-electron chi connectivity index (χ2n) is 43.8. The van der Waals surface area contributed by atoms with Crippen LogP contribution < -0.4 is 5.32 Å². The van der Waals surface area contributed by atoms with Crippen molar-refractivity contribution in [1.82, 2.24) is 44.5 Å². The molecule has 0 radical (unpaired) electrons. The summed E-state index contributed by atoms with van der Waals surface area (Å²) in [5, 5.41) is 3.29. The fraction of sp³-hybridized carbons (Fsp3) is 1.00. The van der Waals surface area contributed by atoms with Crippen LogP contribution in [-0.2, 0) is 0 Å². The number of hydrogen-bond acceptors (Lipinski definition) is 9. The Labute approximate surface area is 616 Å². The van der Waals surface area contributed by atoms with Gasteiger partial charge < -0.3 is 44.5 Å². The van der Waals surface area contributed by atoms with Crippen molar-refractivity contribution in [1.29, 1.82) is 0 Å². The summed E-state index contributed by atoms with van der Waals surface area (Å²) in [6.07, 6.45) is 9.09. The third-order valence-electron chi connectivity index (χ3n) is 13.7. The van der Waals surface area contributed by atoms with Gasteiger partial charge in [-0.1, -0.05) is 303 Å². The summed E-state index contributed by atoms with van der Waals surface area (Å²) in [5.41, 5.74) is 4.82. The molecule has 0 aromatic carbocycles. The van der Waals surface area contributed by atoms with Crippen molar-refractivity contribution < 1.29 is 0 Å². The molecule has 0 unspecified atom stereocenters. The quantitative estimate of drug-likeness (QED) is 0.0912. The molecule has 9 nitrogen and oxygen atoms in total. The van der Waals surface area contributed by atoms with Crippen LogP contribution >= 0.6 is 0 Å². The Morgan fingerprint density at radius 3 is 0.771 bits per heavy atom. The molecule has 0 aliphatic heterocycles. The highest BCUT2D eigenvalue weighted by Gasteiger charge is 2.21. The van der Waals surface area contributed by atoms with Crippen molar-refractivity contribution >= 4 is 0 Å². The summed E-state index contributed by atoms with van der Waals surface area (Å²) < 4.78 is 0. The third-order valence-corrected chi connectivity index (χ3v) is 13.7. The van der Waals surface area contributed by atoms with Gasteiger partial charge >= 0.3 is 0 Å². The molecule has 0 spiro atoms. The highest BCUT2D eigenvalue weighted by atomic mass is 15.1. The van der Waals surface area contributed by atoms with Gasteiger partial charge in [0.15, 0.2) is 0 Å². The highest BCUT2D eigenvalue weighted by Crippen LogP contribution is 2.23. The molecule has 0 aliphatic carbocycles. The Morgan fingerprint density at radius 2 is 0.562 bits per heavy atom. The molecule has 0 heterocycles. The maximum absolute atomic E-state index is 3.29. The fourth-order valence-electron chi connectivity index (χ4n) is 11.3. The van der Waals surface area contributed by atoms with E-state index in [0.717, 1.165) is 38.0 Å². The monoisotopic (exact) mass is 1370 g/mol. The second kappa shape index (κ2) is 57.0. The minimum atomic E-state index is 0.417. The normalized spacial score (nSPS) is 13.0. The maximum atomic E-state index is 3.29. The molecule has 9 heteroatoms. The number of rotatable bonds is 26. The van der Waals surface area contributed by atoms with Gasteiger partial charge in [-0.25, -0.2) is 0 Å². The molecule has 0 aromatic rings. The van der Waals surface area contributed by atoms with E-state index in [0.29, 0.717) is 59.6 Å². The van der Waals surface area contributed by atoms with Crippen LogP contribution in [0.5, 0.6) is 0 Å². The third kappa shape index (κ3) is 133. The molecule has 0 bridgehead atoms. The van der Waals surface area contributed by atoms with E-state index >= 15 is 0 Å². The van der Waals surface area contributed by atoms with Gasteiger partial charge in [0.05, 0.1) is 0 Å². The van der Waals surface area contributed by atoms with Crippen LogP contribution in [0.25, 0.3) is 0 Å². The summed E-state index contributed by atoms with van der Waals surface area (Å²) in [6, 6.07) is 0.